The van der Waals surface area contributed by atoms with E-state index in [0.717, 1.165) is 12.8 Å². The molecule has 5 nitrogen and oxygen atoms in total. The van der Waals surface area contributed by atoms with Gasteiger partial charge in [-0.15, -0.1) is 0 Å². The average Bonchev–Trinajstić information content (AvgIpc) is 2.95. The number of halogens is 3. The number of hydrogen-bond acceptors (Lipinski definition) is 3. The van der Waals surface area contributed by atoms with E-state index in [1.54, 1.807) is 0 Å². The van der Waals surface area contributed by atoms with Crippen LogP contribution in [-0.2, 0) is 35.3 Å². The van der Waals surface area contributed by atoms with Crippen LogP contribution < -0.4 is 5.32 Å². The molecule has 1 aliphatic heterocycles. The van der Waals surface area contributed by atoms with Gasteiger partial charge in [0.2, 0.25) is 5.91 Å². The summed E-state index contributed by atoms with van der Waals surface area (Å²) in [6, 6.07) is 0. The van der Waals surface area contributed by atoms with E-state index in [9.17, 15) is 18.0 Å². The summed E-state index contributed by atoms with van der Waals surface area (Å²) in [6.07, 6.45) is 2.23. The molecule has 1 aromatic heterocycles. The number of amides is 1. The molecular formula is C17H24F3N3O2. The van der Waals surface area contributed by atoms with E-state index in [2.05, 4.69) is 10.4 Å². The monoisotopic (exact) mass is 359 g/mol. The third-order valence-electron chi connectivity index (χ3n) is 5.01. The molecule has 1 aromatic rings. The first-order valence-corrected chi connectivity index (χ1v) is 8.95. The molecule has 1 aliphatic carbocycles. The van der Waals surface area contributed by atoms with E-state index >= 15 is 0 Å². The van der Waals surface area contributed by atoms with Crippen LogP contribution in [0, 0.1) is 5.92 Å². The molecular weight excluding hydrogens is 335 g/mol. The lowest BCUT2D eigenvalue weighted by molar-refractivity contribution is -0.142. The molecule has 0 spiro atoms. The standard InChI is InChI=1S/C17H24F3N3O2/c18-17(19,20)16-13-11-25-9-6-14(13)23(22-16)8-7-21-15(24)10-12-4-2-1-3-5-12/h12H,1-11H2,(H,21,24). The third kappa shape index (κ3) is 4.54. The van der Waals surface area contributed by atoms with E-state index in [4.69, 9.17) is 4.74 Å². The fourth-order valence-electron chi connectivity index (χ4n) is 3.75. The summed E-state index contributed by atoms with van der Waals surface area (Å²) < 4.78 is 45.8. The Bertz CT molecular complexity index is 607. The second-order valence-electron chi connectivity index (χ2n) is 6.86. The molecule has 2 aliphatic rings. The van der Waals surface area contributed by atoms with Crippen LogP contribution >= 0.6 is 0 Å². The van der Waals surface area contributed by atoms with Crippen LogP contribution in [0.1, 0.15) is 55.5 Å². The highest BCUT2D eigenvalue weighted by Gasteiger charge is 2.39. The molecule has 0 radical (unpaired) electrons. The molecule has 0 bridgehead atoms. The van der Waals surface area contributed by atoms with Gasteiger partial charge in [-0.25, -0.2) is 0 Å². The number of nitrogens with one attached hydrogen (secondary N) is 1. The fraction of sp³-hybridized carbons (Fsp3) is 0.765. The average molecular weight is 359 g/mol. The van der Waals surface area contributed by atoms with Crippen molar-refractivity contribution in [2.24, 2.45) is 5.92 Å². The Morgan fingerprint density at radius 1 is 1.28 bits per heavy atom. The zero-order valence-electron chi connectivity index (χ0n) is 14.2. The summed E-state index contributed by atoms with van der Waals surface area (Å²) in [5.41, 5.74) is -0.164. The van der Waals surface area contributed by atoms with Gasteiger partial charge >= 0.3 is 6.18 Å². The van der Waals surface area contributed by atoms with Gasteiger partial charge in [-0.3, -0.25) is 9.48 Å². The maximum atomic E-state index is 13.1. The van der Waals surface area contributed by atoms with Gasteiger partial charge in [0, 0.05) is 30.6 Å². The van der Waals surface area contributed by atoms with Crippen molar-refractivity contribution in [1.29, 1.82) is 0 Å². The van der Waals surface area contributed by atoms with Crippen LogP contribution in [0.5, 0.6) is 0 Å². The van der Waals surface area contributed by atoms with Crippen molar-refractivity contribution < 1.29 is 22.7 Å². The summed E-state index contributed by atoms with van der Waals surface area (Å²) in [5, 5.41) is 6.56. The Labute approximate surface area is 144 Å². The first-order chi connectivity index (χ1) is 11.9. The van der Waals surface area contributed by atoms with E-state index in [-0.39, 0.29) is 31.2 Å². The van der Waals surface area contributed by atoms with Crippen LogP contribution in [0.25, 0.3) is 0 Å². The van der Waals surface area contributed by atoms with Crippen molar-refractivity contribution in [3.8, 4) is 0 Å². The van der Waals surface area contributed by atoms with E-state index in [0.29, 0.717) is 31.1 Å². The van der Waals surface area contributed by atoms with Gasteiger partial charge in [-0.2, -0.15) is 18.3 Å². The number of hydrogen-bond donors (Lipinski definition) is 1. The van der Waals surface area contributed by atoms with Crippen LogP contribution in [0.4, 0.5) is 13.2 Å². The van der Waals surface area contributed by atoms with E-state index < -0.39 is 11.9 Å². The maximum absolute atomic E-state index is 13.1. The first-order valence-electron chi connectivity index (χ1n) is 8.95. The van der Waals surface area contributed by atoms with Crippen LogP contribution in [-0.4, -0.2) is 28.8 Å². The van der Waals surface area contributed by atoms with Crippen LogP contribution in [0.15, 0.2) is 0 Å². The smallest absolute Gasteiger partial charge is 0.376 e. The molecule has 8 heteroatoms. The zero-order chi connectivity index (χ0) is 17.9. The van der Waals surface area contributed by atoms with Gasteiger partial charge in [-0.1, -0.05) is 19.3 Å². The van der Waals surface area contributed by atoms with E-state index in [1.807, 2.05) is 0 Å². The topological polar surface area (TPSA) is 56.2 Å². The Morgan fingerprint density at radius 2 is 2.04 bits per heavy atom. The minimum Gasteiger partial charge on any atom is -0.376 e. The minimum atomic E-state index is -4.49. The second kappa shape index (κ2) is 7.76. The van der Waals surface area contributed by atoms with Gasteiger partial charge in [-0.05, 0) is 18.8 Å². The normalized spacial score (nSPS) is 18.8. The Kier molecular flexibility index (Phi) is 5.66. The number of fused-ring (bicyclic) bond motifs is 1. The second-order valence-corrected chi connectivity index (χ2v) is 6.86. The number of alkyl halides is 3. The van der Waals surface area contributed by atoms with Crippen molar-refractivity contribution in [3.05, 3.63) is 17.0 Å². The predicted octanol–water partition coefficient (Wildman–Crippen LogP) is 3.06. The number of carbonyl (C=O) groups is 1. The first kappa shape index (κ1) is 18.2. The van der Waals surface area contributed by atoms with E-state index in [1.165, 1.54) is 23.9 Å². The SMILES string of the molecule is O=C(CC1CCCCC1)NCCn1nc(C(F)(F)F)c2c1CCOC2. The molecule has 140 valence electrons. The van der Waals surface area contributed by atoms with Gasteiger partial charge in [0.15, 0.2) is 5.69 Å². The number of nitrogens with zero attached hydrogens (tertiary/aromatic N) is 2. The van der Waals surface area contributed by atoms with Gasteiger partial charge in [0.25, 0.3) is 0 Å². The molecule has 1 fully saturated rings. The Balaban J connectivity index is 1.56. The number of carbonyl (C=O) groups excluding carboxylic acids is 1. The zero-order valence-corrected chi connectivity index (χ0v) is 14.2. The largest absolute Gasteiger partial charge is 0.435 e. The minimum absolute atomic E-state index is 0.0210. The predicted molar refractivity (Wildman–Crippen MR) is 84.8 cm³/mol. The summed E-state index contributed by atoms with van der Waals surface area (Å²) >= 11 is 0. The maximum Gasteiger partial charge on any atom is 0.435 e. The van der Waals surface area contributed by atoms with Gasteiger partial charge in [0.05, 0.1) is 19.8 Å². The lowest BCUT2D eigenvalue weighted by Crippen LogP contribution is -2.30. The third-order valence-corrected chi connectivity index (χ3v) is 5.01. The molecule has 0 atom stereocenters. The van der Waals surface area contributed by atoms with Gasteiger partial charge < -0.3 is 10.1 Å². The highest BCUT2D eigenvalue weighted by atomic mass is 19.4. The molecule has 1 saturated carbocycles. The van der Waals surface area contributed by atoms with Crippen LogP contribution in [0.3, 0.4) is 0 Å². The lowest BCUT2D eigenvalue weighted by atomic mass is 9.87. The van der Waals surface area contributed by atoms with Crippen molar-refractivity contribution in [1.82, 2.24) is 15.1 Å². The highest BCUT2D eigenvalue weighted by molar-refractivity contribution is 5.76. The lowest BCUT2D eigenvalue weighted by Gasteiger charge is -2.21. The van der Waals surface area contributed by atoms with Crippen LogP contribution in [0.2, 0.25) is 0 Å². The van der Waals surface area contributed by atoms with Crippen molar-refractivity contribution in [3.63, 3.8) is 0 Å². The van der Waals surface area contributed by atoms with Crippen molar-refractivity contribution >= 4 is 5.91 Å². The summed E-state index contributed by atoms with van der Waals surface area (Å²) in [5.74, 6) is 0.424. The summed E-state index contributed by atoms with van der Waals surface area (Å²) in [7, 11) is 0. The quantitative estimate of drug-likeness (QED) is 0.879. The molecule has 25 heavy (non-hydrogen) atoms. The highest BCUT2D eigenvalue weighted by Crippen LogP contribution is 2.34. The van der Waals surface area contributed by atoms with Crippen molar-refractivity contribution in [2.75, 3.05) is 13.2 Å². The summed E-state index contributed by atoms with van der Waals surface area (Å²) in [4.78, 5) is 12.0. The molecule has 0 unspecified atom stereocenters. The Hall–Kier alpha value is -1.57. The Morgan fingerprint density at radius 3 is 2.76 bits per heavy atom. The number of aromatic nitrogens is 2. The fourth-order valence-corrected chi connectivity index (χ4v) is 3.75. The van der Waals surface area contributed by atoms with Gasteiger partial charge in [0.1, 0.15) is 0 Å². The molecule has 0 saturated heterocycles. The molecule has 1 N–H and O–H groups in total. The molecule has 3 rings (SSSR count). The molecule has 2 heterocycles. The summed E-state index contributed by atoms with van der Waals surface area (Å²) in [6.45, 7) is 0.870. The molecule has 1 amide bonds. The molecule has 0 aromatic carbocycles. The van der Waals surface area contributed by atoms with Crippen molar-refractivity contribution in [2.45, 2.75) is 64.3 Å². The number of ether oxygens (including phenoxy) is 1. The number of rotatable bonds is 5.